The first-order valence-corrected chi connectivity index (χ1v) is 15.0. The van der Waals surface area contributed by atoms with E-state index in [0.29, 0.717) is 29.5 Å². The van der Waals surface area contributed by atoms with Crippen LogP contribution in [0.5, 0.6) is 5.75 Å². The van der Waals surface area contributed by atoms with Crippen molar-refractivity contribution in [1.82, 2.24) is 4.90 Å². The van der Waals surface area contributed by atoms with Crippen LogP contribution in [0.4, 0.5) is 5.69 Å². The van der Waals surface area contributed by atoms with Crippen molar-refractivity contribution in [2.24, 2.45) is 0 Å². The van der Waals surface area contributed by atoms with Gasteiger partial charge in [0.1, 0.15) is 12.4 Å². The van der Waals surface area contributed by atoms with Crippen molar-refractivity contribution in [3.05, 3.63) is 66.2 Å². The Kier molecular flexibility index (Phi) is 11.3. The molecule has 0 fully saturated rings. The Morgan fingerprint density at radius 2 is 1.52 bits per heavy atom. The van der Waals surface area contributed by atoms with E-state index in [1.807, 2.05) is 42.5 Å². The highest BCUT2D eigenvalue weighted by molar-refractivity contribution is 7.92. The van der Waals surface area contributed by atoms with Crippen molar-refractivity contribution >= 4 is 38.4 Å². The van der Waals surface area contributed by atoms with Gasteiger partial charge in [-0.3, -0.25) is 13.9 Å². The lowest BCUT2D eigenvalue weighted by Gasteiger charge is -2.31. The Bertz CT molecular complexity index is 1390. The summed E-state index contributed by atoms with van der Waals surface area (Å²) in [6, 6.07) is 19.1. The van der Waals surface area contributed by atoms with E-state index in [4.69, 9.17) is 14.9 Å². The summed E-state index contributed by atoms with van der Waals surface area (Å²) in [6.45, 7) is 8.21. The fraction of sp³-hybridized carbons (Fsp3) is 0.400. The minimum absolute atomic E-state index is 0.296. The van der Waals surface area contributed by atoms with Crippen LogP contribution >= 0.6 is 0 Å². The van der Waals surface area contributed by atoms with E-state index in [1.54, 1.807) is 12.1 Å². The molecule has 2 N–H and O–H groups in total. The smallest absolute Gasteiger partial charge is 0.303 e. The summed E-state index contributed by atoms with van der Waals surface area (Å²) in [5, 5.41) is 17.7. The number of aliphatic carboxylic acids is 2. The molecule has 0 unspecified atom stereocenters. The first kappa shape index (κ1) is 30.9. The van der Waals surface area contributed by atoms with Crippen LogP contribution in [-0.2, 0) is 26.0 Å². The fourth-order valence-electron chi connectivity index (χ4n) is 4.57. The van der Waals surface area contributed by atoms with Crippen molar-refractivity contribution in [2.75, 3.05) is 37.1 Å². The second-order valence-corrected chi connectivity index (χ2v) is 11.5. The van der Waals surface area contributed by atoms with Crippen molar-refractivity contribution in [1.29, 1.82) is 0 Å². The quantitative estimate of drug-likeness (QED) is 0.311. The first-order valence-electron chi connectivity index (χ1n) is 13.6. The molecule has 0 radical (unpaired) electrons. The molecule has 0 amide bonds. The molecule has 0 aliphatic carbocycles. The van der Waals surface area contributed by atoms with Gasteiger partial charge in [-0.25, -0.2) is 8.42 Å². The maximum Gasteiger partial charge on any atom is 0.303 e. The zero-order valence-electron chi connectivity index (χ0n) is 23.1. The number of benzene rings is 3. The normalized spacial score (nSPS) is 12.8. The van der Waals surface area contributed by atoms with E-state index >= 15 is 0 Å². The maximum absolute atomic E-state index is 13.6. The predicted octanol–water partition coefficient (Wildman–Crippen LogP) is 5.03. The van der Waals surface area contributed by atoms with Gasteiger partial charge in [0.25, 0.3) is 10.0 Å². The number of ether oxygens (including phenoxy) is 1. The molecule has 0 saturated heterocycles. The van der Waals surface area contributed by atoms with Crippen molar-refractivity contribution in [3.63, 3.8) is 0 Å². The summed E-state index contributed by atoms with van der Waals surface area (Å²) < 4.78 is 34.5. The molecule has 10 heteroatoms. The summed E-state index contributed by atoms with van der Waals surface area (Å²) in [5.41, 5.74) is 1.77. The van der Waals surface area contributed by atoms with Crippen LogP contribution in [0.1, 0.15) is 45.1 Å². The van der Waals surface area contributed by atoms with E-state index in [0.717, 1.165) is 55.2 Å². The Morgan fingerprint density at radius 1 is 0.875 bits per heavy atom. The van der Waals surface area contributed by atoms with Crippen molar-refractivity contribution in [3.8, 4) is 5.75 Å². The van der Waals surface area contributed by atoms with Gasteiger partial charge in [-0.05, 0) is 73.0 Å². The zero-order valence-corrected chi connectivity index (χ0v) is 23.9. The number of nitrogens with zero attached hydrogens (tertiary/aromatic N) is 2. The minimum atomic E-state index is -3.69. The molecule has 0 spiro atoms. The Morgan fingerprint density at radius 3 is 2.15 bits per heavy atom. The Labute approximate surface area is 236 Å². The molecule has 4 rings (SSSR count). The summed E-state index contributed by atoms with van der Waals surface area (Å²) in [6.07, 6.45) is 2.56. The van der Waals surface area contributed by atoms with Gasteiger partial charge in [0.05, 0.1) is 30.0 Å². The number of fused-ring (bicyclic) bond motifs is 2. The van der Waals surface area contributed by atoms with Gasteiger partial charge >= 0.3 is 11.9 Å². The SMILES string of the molecule is CCCN(CCC)CCc1ccc2c(c1)N(S(=O)(=O)c1ccc3ccccc3c1)CCO2.O=C(O)CCC(=O)O. The van der Waals surface area contributed by atoms with E-state index < -0.39 is 22.0 Å². The number of anilines is 1. The van der Waals surface area contributed by atoms with Gasteiger partial charge in [0, 0.05) is 6.54 Å². The molecule has 0 aromatic heterocycles. The van der Waals surface area contributed by atoms with Crippen molar-refractivity contribution in [2.45, 2.75) is 50.8 Å². The maximum atomic E-state index is 13.6. The second-order valence-electron chi connectivity index (χ2n) is 9.62. The molecule has 1 aliphatic heterocycles. The number of carbonyl (C=O) groups is 2. The lowest BCUT2D eigenvalue weighted by molar-refractivity contribution is -0.143. The molecule has 0 bridgehead atoms. The predicted molar refractivity (Wildman–Crippen MR) is 156 cm³/mol. The van der Waals surface area contributed by atoms with Crippen LogP contribution in [0.3, 0.4) is 0 Å². The Hall–Kier alpha value is -3.63. The van der Waals surface area contributed by atoms with Crippen LogP contribution in [0.25, 0.3) is 10.8 Å². The molecule has 0 atom stereocenters. The van der Waals surface area contributed by atoms with Gasteiger partial charge in [0.15, 0.2) is 0 Å². The van der Waals surface area contributed by atoms with Gasteiger partial charge in [0.2, 0.25) is 0 Å². The van der Waals surface area contributed by atoms with Crippen LogP contribution < -0.4 is 9.04 Å². The average Bonchev–Trinajstić information content (AvgIpc) is 2.94. The molecular weight excluding hydrogens is 532 g/mol. The summed E-state index contributed by atoms with van der Waals surface area (Å²) in [5.74, 6) is -1.52. The lowest BCUT2D eigenvalue weighted by atomic mass is 10.1. The van der Waals surface area contributed by atoms with Gasteiger partial charge < -0.3 is 19.8 Å². The molecule has 1 heterocycles. The van der Waals surface area contributed by atoms with Crippen molar-refractivity contribution < 1.29 is 33.0 Å². The summed E-state index contributed by atoms with van der Waals surface area (Å²) in [7, 11) is -3.69. The topological polar surface area (TPSA) is 124 Å². The standard InChI is InChI=1S/C26H32N2O3S.C4H6O4/c1-3-14-27(15-4-2)16-13-21-9-12-26-25(19-21)28(17-18-31-26)32(29,30)24-11-10-22-7-5-6-8-23(22)20-24;5-3(6)1-2-4(7)8/h5-12,19-20H,3-4,13-18H2,1-2H3;1-2H2,(H,5,6)(H,7,8). The summed E-state index contributed by atoms with van der Waals surface area (Å²) in [4.78, 5) is 22.1. The van der Waals surface area contributed by atoms with E-state index in [-0.39, 0.29) is 12.8 Å². The molecule has 216 valence electrons. The molecule has 3 aromatic carbocycles. The second kappa shape index (κ2) is 14.7. The monoisotopic (exact) mass is 570 g/mol. The molecule has 1 aliphatic rings. The number of sulfonamides is 1. The molecule has 40 heavy (non-hydrogen) atoms. The molecule has 0 saturated carbocycles. The highest BCUT2D eigenvalue weighted by Crippen LogP contribution is 2.36. The zero-order chi connectivity index (χ0) is 29.1. The third-order valence-corrected chi connectivity index (χ3v) is 8.31. The lowest BCUT2D eigenvalue weighted by Crippen LogP contribution is -2.38. The average molecular weight is 571 g/mol. The molecule has 9 nitrogen and oxygen atoms in total. The van der Waals surface area contributed by atoms with E-state index in [1.165, 1.54) is 4.31 Å². The van der Waals surface area contributed by atoms with Gasteiger partial charge in [-0.2, -0.15) is 0 Å². The minimum Gasteiger partial charge on any atom is -0.489 e. The van der Waals surface area contributed by atoms with Gasteiger partial charge in [-0.1, -0.05) is 50.2 Å². The largest absolute Gasteiger partial charge is 0.489 e. The highest BCUT2D eigenvalue weighted by Gasteiger charge is 2.30. The number of carboxylic acid groups (broad SMARTS) is 2. The highest BCUT2D eigenvalue weighted by atomic mass is 32.2. The first-order chi connectivity index (χ1) is 19.1. The number of rotatable bonds is 12. The van der Waals surface area contributed by atoms with Crippen LogP contribution in [0.2, 0.25) is 0 Å². The number of hydrogen-bond acceptors (Lipinski definition) is 6. The fourth-order valence-corrected chi connectivity index (χ4v) is 6.05. The van der Waals surface area contributed by atoms with Crippen LogP contribution in [0.15, 0.2) is 65.6 Å². The van der Waals surface area contributed by atoms with Crippen LogP contribution in [-0.4, -0.2) is 68.3 Å². The number of hydrogen-bond donors (Lipinski definition) is 2. The van der Waals surface area contributed by atoms with Crippen LogP contribution in [0, 0.1) is 0 Å². The van der Waals surface area contributed by atoms with E-state index in [2.05, 4.69) is 24.8 Å². The summed E-state index contributed by atoms with van der Waals surface area (Å²) >= 11 is 0. The van der Waals surface area contributed by atoms with E-state index in [9.17, 15) is 18.0 Å². The Balaban J connectivity index is 0.000000482. The molecular formula is C30H38N2O7S. The number of carboxylic acids is 2. The third-order valence-electron chi connectivity index (χ3n) is 6.50. The third kappa shape index (κ3) is 8.43. The molecule has 3 aromatic rings. The van der Waals surface area contributed by atoms with Gasteiger partial charge in [-0.15, -0.1) is 0 Å².